The molecule has 0 bridgehead atoms. The molecule has 3 N–H and O–H groups in total. The molecule has 0 aromatic heterocycles. The number of anilines is 1. The molecular formula is C14H21FN2O2. The monoisotopic (exact) mass is 268 g/mol. The van der Waals surface area contributed by atoms with Gasteiger partial charge in [0.05, 0.1) is 6.54 Å². The lowest BCUT2D eigenvalue weighted by atomic mass is 9.95. The fraction of sp³-hybridized carbons (Fsp3) is 0.500. The Balaban J connectivity index is 2.47. The molecule has 1 amide bonds. The van der Waals surface area contributed by atoms with E-state index in [0.717, 1.165) is 6.42 Å². The van der Waals surface area contributed by atoms with Crippen LogP contribution in [0.2, 0.25) is 0 Å². The number of hydrogen-bond acceptors (Lipinski definition) is 3. The van der Waals surface area contributed by atoms with Crippen LogP contribution in [0.5, 0.6) is 0 Å². The zero-order valence-electron chi connectivity index (χ0n) is 11.4. The molecule has 0 saturated carbocycles. The maximum atomic E-state index is 13.0. The number of carbonyl (C=O) groups is 1. The van der Waals surface area contributed by atoms with Crippen LogP contribution < -0.4 is 10.6 Å². The van der Waals surface area contributed by atoms with Crippen molar-refractivity contribution >= 4 is 11.6 Å². The highest BCUT2D eigenvalue weighted by Gasteiger charge is 2.21. The molecule has 0 heterocycles. The van der Waals surface area contributed by atoms with E-state index in [1.165, 1.54) is 12.1 Å². The first-order valence-corrected chi connectivity index (χ1v) is 6.40. The average molecular weight is 268 g/mol. The normalized spacial score (nSPS) is 13.9. The number of benzene rings is 1. The molecule has 1 aromatic rings. The highest BCUT2D eigenvalue weighted by Crippen LogP contribution is 2.13. The number of aliphatic hydroxyl groups excluding tert-OH is 1. The van der Waals surface area contributed by atoms with E-state index >= 15 is 0 Å². The van der Waals surface area contributed by atoms with Gasteiger partial charge in [0.15, 0.2) is 0 Å². The highest BCUT2D eigenvalue weighted by atomic mass is 19.1. The third kappa shape index (κ3) is 5.36. The summed E-state index contributed by atoms with van der Waals surface area (Å²) in [5.41, 5.74) is 0.167. The summed E-state index contributed by atoms with van der Waals surface area (Å²) in [5, 5.41) is 14.7. The van der Waals surface area contributed by atoms with Crippen LogP contribution in [-0.2, 0) is 4.79 Å². The van der Waals surface area contributed by atoms with Gasteiger partial charge in [-0.05, 0) is 38.0 Å². The molecule has 1 unspecified atom stereocenters. The molecule has 4 nitrogen and oxygen atoms in total. The molecule has 106 valence electrons. The minimum Gasteiger partial charge on any atom is -0.396 e. The van der Waals surface area contributed by atoms with Gasteiger partial charge >= 0.3 is 0 Å². The number of hydrogen-bond donors (Lipinski definition) is 3. The summed E-state index contributed by atoms with van der Waals surface area (Å²) in [5.74, 6) is -0.618. The average Bonchev–Trinajstić information content (AvgIpc) is 2.37. The van der Waals surface area contributed by atoms with Gasteiger partial charge in [-0.15, -0.1) is 0 Å². The minimum atomic E-state index is -0.385. The summed E-state index contributed by atoms with van der Waals surface area (Å²) in [4.78, 5) is 11.7. The van der Waals surface area contributed by atoms with Gasteiger partial charge in [-0.2, -0.15) is 0 Å². The summed E-state index contributed by atoms with van der Waals surface area (Å²) < 4.78 is 13.0. The molecule has 1 rings (SSSR count). The molecule has 0 spiro atoms. The number of amides is 1. The van der Waals surface area contributed by atoms with Crippen LogP contribution in [0.1, 0.15) is 26.7 Å². The Kier molecular flexibility index (Phi) is 5.92. The lowest BCUT2D eigenvalue weighted by molar-refractivity contribution is -0.115. The van der Waals surface area contributed by atoms with Crippen LogP contribution in [0.15, 0.2) is 24.3 Å². The SMILES string of the molecule is CCC(C)(CCO)NCC(=O)Nc1cccc(F)c1. The van der Waals surface area contributed by atoms with E-state index in [0.29, 0.717) is 12.1 Å². The molecule has 19 heavy (non-hydrogen) atoms. The van der Waals surface area contributed by atoms with Crippen LogP contribution in [-0.4, -0.2) is 29.7 Å². The Morgan fingerprint density at radius 3 is 2.79 bits per heavy atom. The van der Waals surface area contributed by atoms with Crippen molar-refractivity contribution in [3.63, 3.8) is 0 Å². The topological polar surface area (TPSA) is 61.4 Å². The number of rotatable bonds is 7. The maximum Gasteiger partial charge on any atom is 0.238 e. The van der Waals surface area contributed by atoms with Crippen LogP contribution in [0.4, 0.5) is 10.1 Å². The molecule has 5 heteroatoms. The number of nitrogens with one attached hydrogen (secondary N) is 2. The van der Waals surface area contributed by atoms with E-state index in [1.807, 2.05) is 13.8 Å². The van der Waals surface area contributed by atoms with Crippen LogP contribution in [0.25, 0.3) is 0 Å². The largest absolute Gasteiger partial charge is 0.396 e. The zero-order valence-corrected chi connectivity index (χ0v) is 11.4. The highest BCUT2D eigenvalue weighted by molar-refractivity contribution is 5.92. The zero-order chi connectivity index (χ0) is 14.3. The third-order valence-corrected chi connectivity index (χ3v) is 3.23. The van der Waals surface area contributed by atoms with Crippen LogP contribution in [0.3, 0.4) is 0 Å². The van der Waals surface area contributed by atoms with Gasteiger partial charge in [-0.25, -0.2) is 4.39 Å². The first kappa shape index (κ1) is 15.6. The van der Waals surface area contributed by atoms with E-state index in [9.17, 15) is 9.18 Å². The van der Waals surface area contributed by atoms with Crippen molar-refractivity contribution in [1.29, 1.82) is 0 Å². The standard InChI is InChI=1S/C14H21FN2O2/c1-3-14(2,7-8-18)16-10-13(19)17-12-6-4-5-11(15)9-12/h4-6,9,16,18H,3,7-8,10H2,1-2H3,(H,17,19). The molecule has 1 aromatic carbocycles. The summed E-state index contributed by atoms with van der Waals surface area (Å²) in [6.45, 7) is 4.15. The Bertz CT molecular complexity index is 426. The van der Waals surface area contributed by atoms with Gasteiger partial charge in [0.1, 0.15) is 5.82 Å². The summed E-state index contributed by atoms with van der Waals surface area (Å²) in [6.07, 6.45) is 1.39. The van der Waals surface area contributed by atoms with Crippen LogP contribution in [0, 0.1) is 5.82 Å². The van der Waals surface area contributed by atoms with Crippen molar-refractivity contribution in [3.05, 3.63) is 30.1 Å². The predicted octanol–water partition coefficient (Wildman–Crippen LogP) is 1.90. The van der Waals surface area contributed by atoms with Crippen molar-refractivity contribution in [2.24, 2.45) is 0 Å². The van der Waals surface area contributed by atoms with Gasteiger partial charge in [0, 0.05) is 17.8 Å². The lowest BCUT2D eigenvalue weighted by Crippen LogP contribution is -2.46. The molecule has 0 aliphatic carbocycles. The lowest BCUT2D eigenvalue weighted by Gasteiger charge is -2.28. The molecule has 0 radical (unpaired) electrons. The van der Waals surface area contributed by atoms with E-state index in [2.05, 4.69) is 10.6 Å². The molecule has 0 aliphatic heterocycles. The summed E-state index contributed by atoms with van der Waals surface area (Å²) in [6, 6.07) is 5.77. The molecular weight excluding hydrogens is 247 g/mol. The number of carbonyl (C=O) groups excluding carboxylic acids is 1. The number of halogens is 1. The van der Waals surface area contributed by atoms with Gasteiger partial charge in [-0.1, -0.05) is 13.0 Å². The van der Waals surface area contributed by atoms with Crippen molar-refractivity contribution in [2.45, 2.75) is 32.2 Å². The fourth-order valence-corrected chi connectivity index (χ4v) is 1.70. The summed E-state index contributed by atoms with van der Waals surface area (Å²) >= 11 is 0. The van der Waals surface area contributed by atoms with Crippen molar-refractivity contribution in [3.8, 4) is 0 Å². The predicted molar refractivity (Wildman–Crippen MR) is 73.4 cm³/mol. The Hall–Kier alpha value is -1.46. The number of aliphatic hydroxyl groups is 1. The van der Waals surface area contributed by atoms with E-state index in [1.54, 1.807) is 12.1 Å². The van der Waals surface area contributed by atoms with Gasteiger partial charge < -0.3 is 15.7 Å². The Labute approximate surface area is 113 Å². The Morgan fingerprint density at radius 2 is 2.21 bits per heavy atom. The maximum absolute atomic E-state index is 13.0. The van der Waals surface area contributed by atoms with Crippen molar-refractivity contribution < 1.29 is 14.3 Å². The molecule has 1 atom stereocenters. The summed E-state index contributed by atoms with van der Waals surface area (Å²) in [7, 11) is 0. The van der Waals surface area contributed by atoms with Crippen molar-refractivity contribution in [1.82, 2.24) is 5.32 Å². The first-order valence-electron chi connectivity index (χ1n) is 6.40. The molecule has 0 saturated heterocycles. The Morgan fingerprint density at radius 1 is 1.47 bits per heavy atom. The second-order valence-corrected chi connectivity index (χ2v) is 4.80. The van der Waals surface area contributed by atoms with Gasteiger partial charge in [0.25, 0.3) is 0 Å². The van der Waals surface area contributed by atoms with Crippen molar-refractivity contribution in [2.75, 3.05) is 18.5 Å². The quantitative estimate of drug-likeness (QED) is 0.708. The van der Waals surface area contributed by atoms with E-state index in [4.69, 9.17) is 5.11 Å². The van der Waals surface area contributed by atoms with E-state index < -0.39 is 0 Å². The first-order chi connectivity index (χ1) is 8.99. The molecule has 0 fully saturated rings. The third-order valence-electron chi connectivity index (χ3n) is 3.23. The minimum absolute atomic E-state index is 0.0723. The van der Waals surface area contributed by atoms with E-state index in [-0.39, 0.29) is 30.4 Å². The van der Waals surface area contributed by atoms with Gasteiger partial charge in [0.2, 0.25) is 5.91 Å². The van der Waals surface area contributed by atoms with Crippen LogP contribution >= 0.6 is 0 Å². The van der Waals surface area contributed by atoms with Gasteiger partial charge in [-0.3, -0.25) is 4.79 Å². The second-order valence-electron chi connectivity index (χ2n) is 4.80. The fourth-order valence-electron chi connectivity index (χ4n) is 1.70. The second kappa shape index (κ2) is 7.21. The smallest absolute Gasteiger partial charge is 0.238 e. The molecule has 0 aliphatic rings.